The Kier molecular flexibility index (Phi) is 6.56. The zero-order valence-electron chi connectivity index (χ0n) is 10.7. The molecule has 0 saturated heterocycles. The van der Waals surface area contributed by atoms with Gasteiger partial charge < -0.3 is 9.11 Å². The van der Waals surface area contributed by atoms with E-state index < -0.39 is 30.0 Å². The summed E-state index contributed by atoms with van der Waals surface area (Å²) in [4.78, 5) is -0.953. The first-order chi connectivity index (χ1) is 8.18. The molecule has 0 aromatic heterocycles. The van der Waals surface area contributed by atoms with Gasteiger partial charge in [0.1, 0.15) is 20.2 Å². The Morgan fingerprint density at radius 3 is 1.30 bits per heavy atom. The van der Waals surface area contributed by atoms with Crippen LogP contribution in [0.2, 0.25) is 0 Å². The van der Waals surface area contributed by atoms with Gasteiger partial charge in [0.25, 0.3) is 0 Å². The SMILES string of the molecule is O=S(=O)([O-])c1ccc2ccc(S(=O)(=O)[O-])cc2c1.[Li+].[Li+]. The summed E-state index contributed by atoms with van der Waals surface area (Å²) in [6.07, 6.45) is 0. The molecule has 0 amide bonds. The molecular weight excluding hydrogens is 294 g/mol. The fourth-order valence-corrected chi connectivity index (χ4v) is 2.53. The summed E-state index contributed by atoms with van der Waals surface area (Å²) in [7, 11) is -9.24. The fraction of sp³-hybridized carbons (Fsp3) is 0. The summed E-state index contributed by atoms with van der Waals surface area (Å²) in [6.45, 7) is 0. The van der Waals surface area contributed by atoms with Crippen LogP contribution in [-0.2, 0) is 20.2 Å². The minimum absolute atomic E-state index is 0. The Hall–Kier alpha value is -0.285. The third-order valence-electron chi connectivity index (χ3n) is 2.36. The van der Waals surface area contributed by atoms with Gasteiger partial charge in [0.15, 0.2) is 0 Å². The molecule has 0 aliphatic carbocycles. The van der Waals surface area contributed by atoms with Crippen molar-refractivity contribution in [2.75, 3.05) is 0 Å². The second-order valence-corrected chi connectivity index (χ2v) is 6.34. The van der Waals surface area contributed by atoms with E-state index >= 15 is 0 Å². The second kappa shape index (κ2) is 6.65. The summed E-state index contributed by atoms with van der Waals surface area (Å²) in [5.74, 6) is 0. The van der Waals surface area contributed by atoms with E-state index in [1.54, 1.807) is 0 Å². The average Bonchev–Trinajstić information content (AvgIpc) is 2.25. The number of benzene rings is 2. The third-order valence-corrected chi connectivity index (χ3v) is 4.02. The van der Waals surface area contributed by atoms with Gasteiger partial charge in [-0.1, -0.05) is 12.1 Å². The Morgan fingerprint density at radius 1 is 0.650 bits per heavy atom. The van der Waals surface area contributed by atoms with Gasteiger partial charge in [-0.15, -0.1) is 0 Å². The van der Waals surface area contributed by atoms with Crippen LogP contribution in [0.3, 0.4) is 0 Å². The molecule has 0 saturated carbocycles. The molecule has 0 fully saturated rings. The molecule has 2 aromatic carbocycles. The van der Waals surface area contributed by atoms with Crippen LogP contribution in [0, 0.1) is 0 Å². The minimum atomic E-state index is -4.62. The largest absolute Gasteiger partial charge is 1.00 e. The van der Waals surface area contributed by atoms with E-state index in [9.17, 15) is 25.9 Å². The van der Waals surface area contributed by atoms with E-state index in [1.165, 1.54) is 12.1 Å². The molecule has 0 N–H and O–H groups in total. The monoisotopic (exact) mass is 300 g/mol. The van der Waals surface area contributed by atoms with Crippen LogP contribution in [0.4, 0.5) is 0 Å². The van der Waals surface area contributed by atoms with Crippen LogP contribution in [-0.4, -0.2) is 25.9 Å². The quantitative estimate of drug-likeness (QED) is 0.404. The molecule has 0 bridgehead atoms. The van der Waals surface area contributed by atoms with Crippen molar-refractivity contribution in [3.8, 4) is 0 Å². The predicted molar refractivity (Wildman–Crippen MR) is 59.9 cm³/mol. The van der Waals surface area contributed by atoms with Crippen LogP contribution in [0.25, 0.3) is 10.8 Å². The van der Waals surface area contributed by atoms with Gasteiger partial charge in [0.2, 0.25) is 0 Å². The summed E-state index contributed by atoms with van der Waals surface area (Å²) in [5.41, 5.74) is 0. The van der Waals surface area contributed by atoms with Crippen molar-refractivity contribution in [3.05, 3.63) is 36.4 Å². The molecule has 20 heavy (non-hydrogen) atoms. The molecule has 0 spiro atoms. The van der Waals surface area contributed by atoms with Crippen LogP contribution in [0.15, 0.2) is 46.2 Å². The van der Waals surface area contributed by atoms with Crippen molar-refractivity contribution >= 4 is 31.0 Å². The van der Waals surface area contributed by atoms with E-state index in [4.69, 9.17) is 0 Å². The van der Waals surface area contributed by atoms with Gasteiger partial charge >= 0.3 is 37.7 Å². The number of fused-ring (bicyclic) bond motifs is 1. The van der Waals surface area contributed by atoms with Crippen LogP contribution in [0.5, 0.6) is 0 Å². The van der Waals surface area contributed by atoms with Crippen LogP contribution >= 0.6 is 0 Å². The van der Waals surface area contributed by atoms with Gasteiger partial charge in [-0.3, -0.25) is 0 Å². The molecule has 0 unspecified atom stereocenters. The molecule has 96 valence electrons. The van der Waals surface area contributed by atoms with Gasteiger partial charge in [0.05, 0.1) is 9.79 Å². The summed E-state index contributed by atoms with van der Waals surface area (Å²) < 4.78 is 64.9. The van der Waals surface area contributed by atoms with E-state index in [0.717, 1.165) is 24.3 Å². The van der Waals surface area contributed by atoms with Gasteiger partial charge in [-0.2, -0.15) is 0 Å². The normalized spacial score (nSPS) is 11.5. The molecule has 0 heterocycles. The van der Waals surface area contributed by atoms with Gasteiger partial charge in [0, 0.05) is 0 Å². The molecular formula is C10H6Li2O6S2. The standard InChI is InChI=1S/C10H8O6S2.2Li/c11-17(12,13)9-3-1-7-2-4-10(18(14,15)16)6-8(7)5-9;;/h1-6H,(H,11,12,13)(H,14,15,16);;/q;2*+1/p-2. The smallest absolute Gasteiger partial charge is 0.744 e. The maximum absolute atomic E-state index is 10.8. The topological polar surface area (TPSA) is 114 Å². The first kappa shape index (κ1) is 19.7. The van der Waals surface area contributed by atoms with Crippen molar-refractivity contribution < 1.29 is 63.7 Å². The maximum Gasteiger partial charge on any atom is 1.00 e. The van der Waals surface area contributed by atoms with E-state index in [2.05, 4.69) is 0 Å². The Morgan fingerprint density at radius 2 is 1.00 bits per heavy atom. The first-order valence-corrected chi connectivity index (χ1v) is 7.45. The van der Waals surface area contributed by atoms with Crippen molar-refractivity contribution in [3.63, 3.8) is 0 Å². The zero-order chi connectivity index (χ0) is 13.6. The van der Waals surface area contributed by atoms with E-state index in [1.807, 2.05) is 0 Å². The average molecular weight is 300 g/mol. The van der Waals surface area contributed by atoms with Crippen molar-refractivity contribution in [2.45, 2.75) is 9.79 Å². The molecule has 6 nitrogen and oxygen atoms in total. The molecule has 0 aliphatic rings. The van der Waals surface area contributed by atoms with Crippen LogP contribution in [0.1, 0.15) is 0 Å². The summed E-state index contributed by atoms with van der Waals surface area (Å²) in [6, 6.07) is 7.04. The van der Waals surface area contributed by atoms with Crippen molar-refractivity contribution in [1.29, 1.82) is 0 Å². The summed E-state index contributed by atoms with van der Waals surface area (Å²) >= 11 is 0. The summed E-state index contributed by atoms with van der Waals surface area (Å²) in [5, 5.41) is 0.721. The van der Waals surface area contributed by atoms with E-state index in [-0.39, 0.29) is 43.1 Å². The van der Waals surface area contributed by atoms with E-state index in [0.29, 0.717) is 5.39 Å². The van der Waals surface area contributed by atoms with Gasteiger partial charge in [-0.05, 0) is 35.0 Å². The molecule has 0 aliphatic heterocycles. The fourth-order valence-electron chi connectivity index (χ4n) is 1.51. The first-order valence-electron chi connectivity index (χ1n) is 4.63. The molecule has 0 radical (unpaired) electrons. The Labute approximate surface area is 140 Å². The third kappa shape index (κ3) is 4.35. The second-order valence-electron chi connectivity index (χ2n) is 3.58. The maximum atomic E-state index is 10.8. The Balaban J connectivity index is 0.00000180. The molecule has 2 rings (SSSR count). The number of hydrogen-bond acceptors (Lipinski definition) is 6. The number of rotatable bonds is 2. The van der Waals surface area contributed by atoms with Crippen molar-refractivity contribution in [2.24, 2.45) is 0 Å². The van der Waals surface area contributed by atoms with Crippen molar-refractivity contribution in [1.82, 2.24) is 0 Å². The van der Waals surface area contributed by atoms with Crippen LogP contribution < -0.4 is 37.7 Å². The number of hydrogen-bond donors (Lipinski definition) is 0. The minimum Gasteiger partial charge on any atom is -0.744 e. The molecule has 10 heteroatoms. The van der Waals surface area contributed by atoms with Gasteiger partial charge in [-0.25, -0.2) is 16.8 Å². The predicted octanol–water partition coefficient (Wildman–Crippen LogP) is -5.34. The molecule has 2 aromatic rings. The molecule has 0 atom stereocenters. The Bertz CT molecular complexity index is 763. The zero-order valence-corrected chi connectivity index (χ0v) is 12.4.